The Bertz CT molecular complexity index is 606. The van der Waals surface area contributed by atoms with Gasteiger partial charge in [-0.15, -0.1) is 0 Å². The molecule has 1 aliphatic carbocycles. The number of carbonyl (C=O) groups excluding carboxylic acids is 1. The van der Waals surface area contributed by atoms with Crippen molar-refractivity contribution in [2.45, 2.75) is 59.3 Å². The molecule has 0 radical (unpaired) electrons. The van der Waals surface area contributed by atoms with Gasteiger partial charge in [0.15, 0.2) is 0 Å². The Morgan fingerprint density at radius 1 is 1.19 bits per heavy atom. The first kappa shape index (κ1) is 20.4. The van der Waals surface area contributed by atoms with Crippen LogP contribution in [0.4, 0.5) is 0 Å². The molecule has 1 aromatic carbocycles. The highest BCUT2D eigenvalue weighted by Crippen LogP contribution is 2.43. The van der Waals surface area contributed by atoms with E-state index in [-0.39, 0.29) is 0 Å². The zero-order valence-electron chi connectivity index (χ0n) is 17.6. The van der Waals surface area contributed by atoms with Crippen molar-refractivity contribution in [1.29, 1.82) is 0 Å². The van der Waals surface area contributed by atoms with Gasteiger partial charge in [-0.2, -0.15) is 0 Å². The molecule has 3 nitrogen and oxygen atoms in total. The van der Waals surface area contributed by atoms with Gasteiger partial charge in [0.1, 0.15) is 0 Å². The van der Waals surface area contributed by atoms with Crippen molar-refractivity contribution in [3.8, 4) is 0 Å². The maximum Gasteiger partial charge on any atom is 0.225 e. The zero-order chi connectivity index (χ0) is 19.2. The van der Waals surface area contributed by atoms with Crippen molar-refractivity contribution < 1.29 is 4.79 Å². The van der Waals surface area contributed by atoms with Crippen LogP contribution >= 0.6 is 0 Å². The molecule has 1 aliphatic heterocycles. The SMILES string of the molecule is CCC[C@H]1C[C@H]1C(=O)N(CC)CC1CCN(CCc2ccccc2C)CC1. The molecule has 2 fully saturated rings. The van der Waals surface area contributed by atoms with E-state index in [0.29, 0.717) is 23.7 Å². The molecule has 3 rings (SSSR count). The van der Waals surface area contributed by atoms with Crippen molar-refractivity contribution in [1.82, 2.24) is 9.80 Å². The third-order valence-corrected chi connectivity index (χ3v) is 6.74. The van der Waals surface area contributed by atoms with Gasteiger partial charge in [0, 0.05) is 25.6 Å². The number of hydrogen-bond acceptors (Lipinski definition) is 2. The summed E-state index contributed by atoms with van der Waals surface area (Å²) in [5.74, 6) is 2.16. The summed E-state index contributed by atoms with van der Waals surface area (Å²) in [6.45, 7) is 12.0. The van der Waals surface area contributed by atoms with Crippen LogP contribution in [-0.2, 0) is 11.2 Å². The molecule has 0 unspecified atom stereocenters. The summed E-state index contributed by atoms with van der Waals surface area (Å²) in [7, 11) is 0. The molecule has 27 heavy (non-hydrogen) atoms. The standard InChI is InChI=1S/C24H38N2O/c1-4-8-22-17-23(22)24(27)26(5-2)18-20-11-14-25(15-12-20)16-13-21-10-7-6-9-19(21)3/h6-7,9-10,20,22-23H,4-5,8,11-18H2,1-3H3/t22-,23+/m0/s1. The van der Waals surface area contributed by atoms with Crippen LogP contribution in [0.5, 0.6) is 0 Å². The molecule has 1 amide bonds. The largest absolute Gasteiger partial charge is 0.342 e. The quantitative estimate of drug-likeness (QED) is 0.637. The van der Waals surface area contributed by atoms with Gasteiger partial charge in [-0.05, 0) is 82.0 Å². The molecule has 1 saturated heterocycles. The Hall–Kier alpha value is -1.35. The van der Waals surface area contributed by atoms with Gasteiger partial charge in [0.05, 0.1) is 0 Å². The first-order valence-electron chi connectivity index (χ1n) is 11.2. The Morgan fingerprint density at radius 3 is 2.59 bits per heavy atom. The monoisotopic (exact) mass is 370 g/mol. The van der Waals surface area contributed by atoms with Crippen LogP contribution in [0.2, 0.25) is 0 Å². The molecule has 1 heterocycles. The van der Waals surface area contributed by atoms with Crippen LogP contribution < -0.4 is 0 Å². The van der Waals surface area contributed by atoms with E-state index >= 15 is 0 Å². The zero-order valence-corrected chi connectivity index (χ0v) is 17.6. The van der Waals surface area contributed by atoms with E-state index in [0.717, 1.165) is 32.5 Å². The smallest absolute Gasteiger partial charge is 0.225 e. The molecule has 0 bridgehead atoms. The molecule has 2 atom stereocenters. The number of amides is 1. The number of nitrogens with zero attached hydrogens (tertiary/aromatic N) is 2. The van der Waals surface area contributed by atoms with Crippen LogP contribution in [-0.4, -0.2) is 48.4 Å². The highest BCUT2D eigenvalue weighted by molar-refractivity contribution is 5.81. The summed E-state index contributed by atoms with van der Waals surface area (Å²) in [6, 6.07) is 8.74. The summed E-state index contributed by atoms with van der Waals surface area (Å²) < 4.78 is 0. The molecular formula is C24H38N2O. The maximum absolute atomic E-state index is 12.8. The van der Waals surface area contributed by atoms with Crippen LogP contribution in [0, 0.1) is 24.7 Å². The van der Waals surface area contributed by atoms with Gasteiger partial charge in [-0.1, -0.05) is 37.6 Å². The number of likely N-dealkylation sites (tertiary alicyclic amines) is 1. The summed E-state index contributed by atoms with van der Waals surface area (Å²) in [5.41, 5.74) is 2.89. The van der Waals surface area contributed by atoms with E-state index in [4.69, 9.17) is 0 Å². The van der Waals surface area contributed by atoms with Crippen LogP contribution in [0.25, 0.3) is 0 Å². The molecular weight excluding hydrogens is 332 g/mol. The first-order valence-corrected chi connectivity index (χ1v) is 11.2. The first-order chi connectivity index (χ1) is 13.1. The number of carbonyl (C=O) groups is 1. The molecule has 0 spiro atoms. The van der Waals surface area contributed by atoms with E-state index in [9.17, 15) is 4.79 Å². The Kier molecular flexibility index (Phi) is 7.34. The lowest BCUT2D eigenvalue weighted by atomic mass is 9.95. The van der Waals surface area contributed by atoms with E-state index in [1.165, 1.54) is 49.9 Å². The van der Waals surface area contributed by atoms with Gasteiger partial charge in [-0.3, -0.25) is 4.79 Å². The minimum absolute atomic E-state index is 0.346. The van der Waals surface area contributed by atoms with Gasteiger partial charge < -0.3 is 9.80 Å². The van der Waals surface area contributed by atoms with Gasteiger partial charge in [0.25, 0.3) is 0 Å². The van der Waals surface area contributed by atoms with Crippen LogP contribution in [0.15, 0.2) is 24.3 Å². The van der Waals surface area contributed by atoms with Crippen LogP contribution in [0.3, 0.4) is 0 Å². The maximum atomic E-state index is 12.8. The normalized spacial score (nSPS) is 23.4. The van der Waals surface area contributed by atoms with Crippen molar-refractivity contribution >= 4 is 5.91 Å². The van der Waals surface area contributed by atoms with E-state index < -0.39 is 0 Å². The molecule has 1 saturated carbocycles. The number of aryl methyl sites for hydroxylation is 1. The fraction of sp³-hybridized carbons (Fsp3) is 0.708. The summed E-state index contributed by atoms with van der Waals surface area (Å²) >= 11 is 0. The Morgan fingerprint density at radius 2 is 1.93 bits per heavy atom. The van der Waals surface area contributed by atoms with Crippen molar-refractivity contribution in [3.63, 3.8) is 0 Å². The lowest BCUT2D eigenvalue weighted by molar-refractivity contribution is -0.133. The second kappa shape index (κ2) is 9.73. The van der Waals surface area contributed by atoms with Crippen molar-refractivity contribution in [2.24, 2.45) is 17.8 Å². The van der Waals surface area contributed by atoms with E-state index in [1.807, 2.05) is 0 Å². The molecule has 150 valence electrons. The fourth-order valence-electron chi connectivity index (χ4n) is 4.72. The summed E-state index contributed by atoms with van der Waals surface area (Å²) in [4.78, 5) is 17.5. The van der Waals surface area contributed by atoms with Crippen molar-refractivity contribution in [2.75, 3.05) is 32.7 Å². The minimum Gasteiger partial charge on any atom is -0.342 e. The molecule has 0 aromatic heterocycles. The van der Waals surface area contributed by atoms with Gasteiger partial charge in [0.2, 0.25) is 5.91 Å². The number of hydrogen-bond donors (Lipinski definition) is 0. The topological polar surface area (TPSA) is 23.6 Å². The van der Waals surface area contributed by atoms with Gasteiger partial charge >= 0.3 is 0 Å². The predicted molar refractivity (Wildman–Crippen MR) is 113 cm³/mol. The highest BCUT2D eigenvalue weighted by Gasteiger charge is 2.43. The molecule has 2 aliphatic rings. The third-order valence-electron chi connectivity index (χ3n) is 6.74. The number of rotatable bonds is 9. The van der Waals surface area contributed by atoms with E-state index in [2.05, 4.69) is 54.8 Å². The Balaban J connectivity index is 1.39. The lowest BCUT2D eigenvalue weighted by Gasteiger charge is -2.35. The minimum atomic E-state index is 0.346. The lowest BCUT2D eigenvalue weighted by Crippen LogP contribution is -2.42. The second-order valence-corrected chi connectivity index (χ2v) is 8.73. The highest BCUT2D eigenvalue weighted by atomic mass is 16.2. The Labute approximate surface area is 166 Å². The average molecular weight is 371 g/mol. The second-order valence-electron chi connectivity index (χ2n) is 8.73. The third kappa shape index (κ3) is 5.57. The molecule has 0 N–H and O–H groups in total. The van der Waals surface area contributed by atoms with Gasteiger partial charge in [-0.25, -0.2) is 0 Å². The van der Waals surface area contributed by atoms with Crippen molar-refractivity contribution in [3.05, 3.63) is 35.4 Å². The number of piperidine rings is 1. The predicted octanol–water partition coefficient (Wildman–Crippen LogP) is 4.53. The van der Waals surface area contributed by atoms with Crippen LogP contribution in [0.1, 0.15) is 57.1 Å². The summed E-state index contributed by atoms with van der Waals surface area (Å²) in [6.07, 6.45) is 7.20. The summed E-state index contributed by atoms with van der Waals surface area (Å²) in [5, 5.41) is 0. The molecule has 1 aromatic rings. The average Bonchev–Trinajstić information content (AvgIpc) is 3.45. The molecule has 3 heteroatoms. The van der Waals surface area contributed by atoms with E-state index in [1.54, 1.807) is 0 Å². The fourth-order valence-corrected chi connectivity index (χ4v) is 4.72. The number of benzene rings is 1.